The van der Waals surface area contributed by atoms with Gasteiger partial charge in [-0.2, -0.15) is 0 Å². The van der Waals surface area contributed by atoms with Gasteiger partial charge in [-0.1, -0.05) is 0 Å². The van der Waals surface area contributed by atoms with Crippen molar-refractivity contribution in [2.75, 3.05) is 0 Å². The summed E-state index contributed by atoms with van der Waals surface area (Å²) in [7, 11) is 0. The van der Waals surface area contributed by atoms with E-state index in [9.17, 15) is 0 Å². The molecule has 0 aliphatic heterocycles. The molecule has 0 atom stereocenters. The molecule has 0 rings (SSSR count). The van der Waals surface area contributed by atoms with E-state index in [-0.39, 0.29) is 51.3 Å². The third-order valence-electron chi connectivity index (χ3n) is 0. The zero-order chi connectivity index (χ0) is 2.00. The van der Waals surface area contributed by atoms with Gasteiger partial charge in [-0.3, -0.25) is 10.5 Å². The minimum absolute atomic E-state index is 0. The summed E-state index contributed by atoms with van der Waals surface area (Å²) < 4.78 is 0. The van der Waals surface area contributed by atoms with Crippen LogP contribution in [0.4, 0.5) is 0 Å². The van der Waals surface area contributed by atoms with Gasteiger partial charge in [0.2, 0.25) is 0 Å². The molecule has 4 heteroatoms. The van der Waals surface area contributed by atoms with E-state index in [1.54, 1.807) is 0 Å². The Morgan fingerprint density at radius 2 is 1.25 bits per heavy atom. The molecular weight excluding hydrogens is 61.9 g/mol. The van der Waals surface area contributed by atoms with Crippen molar-refractivity contribution < 1.29 is 61.8 Å². The molecule has 0 amide bonds. The quantitative estimate of drug-likeness (QED) is 0.168. The largest absolute Gasteiger partial charge is 1.00 e. The van der Waals surface area contributed by atoms with Crippen LogP contribution in [0.3, 0.4) is 0 Å². The van der Waals surface area contributed by atoms with Gasteiger partial charge in [0.05, 0.1) is 0 Å². The Hall–Kier alpha value is 1.52. The number of rotatable bonds is 0. The van der Waals surface area contributed by atoms with Gasteiger partial charge in [0, 0.05) is 0 Å². The minimum Gasteiger partial charge on any atom is -1.00 e. The second-order valence-corrected chi connectivity index (χ2v) is 0. The zero-order valence-corrected chi connectivity index (χ0v) is 4.89. The standard InChI is InChI=1S/Li.Na.H2O2.2H/c;;1-2;;/h;;1-2H;;/q2*+1;;2*-1. The van der Waals surface area contributed by atoms with Crippen molar-refractivity contribution in [3.63, 3.8) is 0 Å². The summed E-state index contributed by atoms with van der Waals surface area (Å²) in [4.78, 5) is 0. The van der Waals surface area contributed by atoms with Crippen LogP contribution in [0.25, 0.3) is 0 Å². The molecule has 4 heavy (non-hydrogen) atoms. The maximum Gasteiger partial charge on any atom is 1.00 e. The van der Waals surface area contributed by atoms with Crippen LogP contribution in [-0.4, -0.2) is 10.5 Å². The predicted octanol–water partition coefficient (Wildman–Crippen LogP) is -5.75. The van der Waals surface area contributed by atoms with E-state index < -0.39 is 0 Å². The summed E-state index contributed by atoms with van der Waals surface area (Å²) >= 11 is 0. The Morgan fingerprint density at radius 3 is 1.25 bits per heavy atom. The Balaban J connectivity index is -0.000000000833. The van der Waals surface area contributed by atoms with Crippen LogP contribution >= 0.6 is 0 Å². The smallest absolute Gasteiger partial charge is 1.00 e. The second kappa shape index (κ2) is 24.3. The third kappa shape index (κ3) is 9.68. The van der Waals surface area contributed by atoms with E-state index >= 15 is 0 Å². The van der Waals surface area contributed by atoms with Crippen LogP contribution in [0.1, 0.15) is 2.85 Å². The number of hydrogen-bond acceptors (Lipinski definition) is 2. The van der Waals surface area contributed by atoms with E-state index in [4.69, 9.17) is 10.5 Å². The molecule has 0 unspecified atom stereocenters. The monoisotopic (exact) mass is 66.0 g/mol. The van der Waals surface area contributed by atoms with Crippen molar-refractivity contribution in [1.82, 2.24) is 0 Å². The molecular formula is H4LiNaO2. The van der Waals surface area contributed by atoms with Gasteiger partial charge < -0.3 is 2.85 Å². The maximum absolute atomic E-state index is 6.00. The molecule has 0 aromatic rings. The molecule has 0 aromatic carbocycles. The van der Waals surface area contributed by atoms with Crippen LogP contribution in [0.5, 0.6) is 0 Å². The Bertz CT molecular complexity index is 11.5. The minimum atomic E-state index is 0. The number of hydrogen-bond donors (Lipinski definition) is 2. The second-order valence-electron chi connectivity index (χ2n) is 0. The van der Waals surface area contributed by atoms with Gasteiger partial charge in [-0.15, -0.1) is 0 Å². The summed E-state index contributed by atoms with van der Waals surface area (Å²) in [6, 6.07) is 0. The van der Waals surface area contributed by atoms with E-state index in [1.807, 2.05) is 0 Å². The molecule has 0 aliphatic rings. The fourth-order valence-corrected chi connectivity index (χ4v) is 0. The topological polar surface area (TPSA) is 40.5 Å². The van der Waals surface area contributed by atoms with E-state index in [1.165, 1.54) is 0 Å². The average Bonchev–Trinajstić information content (AvgIpc) is 1.00. The van der Waals surface area contributed by atoms with Crippen LogP contribution in [0, 0.1) is 0 Å². The Labute approximate surface area is 61.6 Å². The Morgan fingerprint density at radius 1 is 1.25 bits per heavy atom. The van der Waals surface area contributed by atoms with Gasteiger partial charge >= 0.3 is 48.4 Å². The fourth-order valence-electron chi connectivity index (χ4n) is 0. The molecule has 0 radical (unpaired) electrons. The molecule has 0 heterocycles. The van der Waals surface area contributed by atoms with Gasteiger partial charge in [0.25, 0.3) is 0 Å². The molecule has 18 valence electrons. The van der Waals surface area contributed by atoms with Crippen LogP contribution in [-0.2, 0) is 0 Å². The van der Waals surface area contributed by atoms with Crippen molar-refractivity contribution in [3.05, 3.63) is 0 Å². The third-order valence-corrected chi connectivity index (χ3v) is 0. The molecule has 0 saturated carbocycles. The molecule has 0 aromatic heterocycles. The van der Waals surface area contributed by atoms with Gasteiger partial charge in [-0.05, 0) is 0 Å². The molecule has 0 bridgehead atoms. The Kier molecular flexibility index (Phi) is 108. The van der Waals surface area contributed by atoms with Crippen molar-refractivity contribution in [2.45, 2.75) is 0 Å². The predicted molar refractivity (Wildman–Crippen MR) is 7.48 cm³/mol. The molecule has 2 nitrogen and oxygen atoms in total. The molecule has 0 aliphatic carbocycles. The summed E-state index contributed by atoms with van der Waals surface area (Å²) in [6.07, 6.45) is 0. The molecule has 0 spiro atoms. The van der Waals surface area contributed by atoms with Crippen molar-refractivity contribution >= 4 is 0 Å². The first-order valence-electron chi connectivity index (χ1n) is 0.200. The van der Waals surface area contributed by atoms with Gasteiger partial charge in [-0.25, -0.2) is 0 Å². The van der Waals surface area contributed by atoms with Gasteiger partial charge in [0.15, 0.2) is 0 Å². The van der Waals surface area contributed by atoms with Crippen molar-refractivity contribution in [1.29, 1.82) is 0 Å². The van der Waals surface area contributed by atoms with E-state index in [0.29, 0.717) is 0 Å². The average molecular weight is 66.0 g/mol. The van der Waals surface area contributed by atoms with Crippen molar-refractivity contribution in [3.8, 4) is 0 Å². The summed E-state index contributed by atoms with van der Waals surface area (Å²) in [5.74, 6) is 0. The first-order valence-corrected chi connectivity index (χ1v) is 0.200. The summed E-state index contributed by atoms with van der Waals surface area (Å²) in [6.45, 7) is 0. The maximum atomic E-state index is 6.00. The van der Waals surface area contributed by atoms with Crippen LogP contribution in [0.2, 0.25) is 0 Å². The molecule has 0 fully saturated rings. The van der Waals surface area contributed by atoms with E-state index in [2.05, 4.69) is 0 Å². The zero-order valence-electron chi connectivity index (χ0n) is 4.89. The van der Waals surface area contributed by atoms with Crippen LogP contribution in [0.15, 0.2) is 0 Å². The molecule has 2 N–H and O–H groups in total. The molecule has 0 saturated heterocycles. The normalized spacial score (nSPS) is 1.50. The summed E-state index contributed by atoms with van der Waals surface area (Å²) in [5.41, 5.74) is 0. The first-order chi connectivity index (χ1) is 1.00. The fraction of sp³-hybridized carbons (Fsp3) is 0. The summed E-state index contributed by atoms with van der Waals surface area (Å²) in [5, 5.41) is 12.0. The van der Waals surface area contributed by atoms with E-state index in [0.717, 1.165) is 0 Å². The van der Waals surface area contributed by atoms with Gasteiger partial charge in [0.1, 0.15) is 0 Å². The van der Waals surface area contributed by atoms with Crippen molar-refractivity contribution in [2.24, 2.45) is 0 Å². The first kappa shape index (κ1) is 17.8. The van der Waals surface area contributed by atoms with Crippen LogP contribution < -0.4 is 48.4 Å². The SMILES string of the molecule is OO.[H-].[H-].[Li+].[Na+].